The fraction of sp³-hybridized carbons (Fsp3) is 0.417. The quantitative estimate of drug-likeness (QED) is 0.783. The molecule has 0 aromatic heterocycles. The predicted octanol–water partition coefficient (Wildman–Crippen LogP) is 0.309. The van der Waals surface area contributed by atoms with E-state index in [0.717, 1.165) is 31.0 Å². The van der Waals surface area contributed by atoms with E-state index in [9.17, 15) is 17.6 Å². The Bertz CT molecular complexity index is 592. The van der Waals surface area contributed by atoms with Crippen LogP contribution in [0.1, 0.15) is 12.8 Å². The number of amides is 1. The van der Waals surface area contributed by atoms with E-state index in [1.54, 1.807) is 4.90 Å². The highest BCUT2D eigenvalue weighted by molar-refractivity contribution is 7.89. The van der Waals surface area contributed by atoms with Gasteiger partial charge in [0, 0.05) is 18.8 Å². The van der Waals surface area contributed by atoms with E-state index in [1.807, 2.05) is 0 Å². The monoisotopic (exact) mass is 301 g/mol. The summed E-state index contributed by atoms with van der Waals surface area (Å²) in [6, 6.07) is 3.03. The van der Waals surface area contributed by atoms with Crippen LogP contribution in [-0.2, 0) is 14.8 Å². The Balaban J connectivity index is 2.05. The van der Waals surface area contributed by atoms with Crippen LogP contribution in [0, 0.1) is 5.82 Å². The van der Waals surface area contributed by atoms with Gasteiger partial charge in [-0.05, 0) is 31.0 Å². The molecule has 0 radical (unpaired) electrons. The molecule has 20 heavy (non-hydrogen) atoms. The van der Waals surface area contributed by atoms with Crippen molar-refractivity contribution in [2.45, 2.75) is 17.7 Å². The minimum Gasteiger partial charge on any atom is -0.399 e. The van der Waals surface area contributed by atoms with E-state index < -0.39 is 15.8 Å². The zero-order valence-electron chi connectivity index (χ0n) is 10.8. The molecule has 0 bridgehead atoms. The maximum Gasteiger partial charge on any atom is 0.241 e. The summed E-state index contributed by atoms with van der Waals surface area (Å²) in [6.45, 7) is 0.958. The number of halogens is 1. The summed E-state index contributed by atoms with van der Waals surface area (Å²) in [4.78, 5) is 13.1. The molecule has 1 aromatic rings. The number of carbonyl (C=O) groups is 1. The molecule has 1 heterocycles. The van der Waals surface area contributed by atoms with Gasteiger partial charge in [-0.1, -0.05) is 0 Å². The van der Waals surface area contributed by atoms with Gasteiger partial charge < -0.3 is 10.6 Å². The van der Waals surface area contributed by atoms with Crippen molar-refractivity contribution in [2.24, 2.45) is 0 Å². The number of carbonyl (C=O) groups excluding carboxylic acids is 1. The Morgan fingerprint density at radius 1 is 1.30 bits per heavy atom. The smallest absolute Gasteiger partial charge is 0.241 e. The SMILES string of the molecule is Nc1cc(F)cc(S(=O)(=O)NCC(=O)N2CCCC2)c1. The van der Waals surface area contributed by atoms with Crippen LogP contribution in [-0.4, -0.2) is 38.9 Å². The van der Waals surface area contributed by atoms with Gasteiger partial charge in [0.15, 0.2) is 0 Å². The molecule has 6 nitrogen and oxygen atoms in total. The molecule has 0 spiro atoms. The predicted molar refractivity (Wildman–Crippen MR) is 71.8 cm³/mol. The lowest BCUT2D eigenvalue weighted by molar-refractivity contribution is -0.128. The van der Waals surface area contributed by atoms with Gasteiger partial charge in [0.05, 0.1) is 11.4 Å². The number of rotatable bonds is 4. The van der Waals surface area contributed by atoms with E-state index in [2.05, 4.69) is 4.72 Å². The van der Waals surface area contributed by atoms with Crippen LogP contribution in [0.15, 0.2) is 23.1 Å². The van der Waals surface area contributed by atoms with Crippen LogP contribution in [0.2, 0.25) is 0 Å². The van der Waals surface area contributed by atoms with Gasteiger partial charge in [0.25, 0.3) is 0 Å². The second kappa shape index (κ2) is 5.76. The zero-order valence-corrected chi connectivity index (χ0v) is 11.6. The van der Waals surface area contributed by atoms with Crippen LogP contribution >= 0.6 is 0 Å². The Morgan fingerprint density at radius 3 is 2.55 bits per heavy atom. The number of sulfonamides is 1. The van der Waals surface area contributed by atoms with E-state index in [0.29, 0.717) is 13.1 Å². The number of benzene rings is 1. The number of nitrogens with one attached hydrogen (secondary N) is 1. The minimum absolute atomic E-state index is 0.0104. The number of nitrogens with two attached hydrogens (primary N) is 1. The fourth-order valence-corrected chi connectivity index (χ4v) is 3.10. The van der Waals surface area contributed by atoms with Crippen molar-refractivity contribution >= 4 is 21.6 Å². The molecule has 1 fully saturated rings. The summed E-state index contributed by atoms with van der Waals surface area (Å²) in [5.74, 6) is -1.02. The molecular weight excluding hydrogens is 285 g/mol. The van der Waals surface area contributed by atoms with E-state index in [1.165, 1.54) is 0 Å². The lowest BCUT2D eigenvalue weighted by Gasteiger charge is -2.15. The zero-order chi connectivity index (χ0) is 14.8. The van der Waals surface area contributed by atoms with E-state index in [-0.39, 0.29) is 23.0 Å². The molecule has 1 aliphatic rings. The summed E-state index contributed by atoms with van der Waals surface area (Å²) < 4.78 is 39.2. The largest absolute Gasteiger partial charge is 0.399 e. The number of likely N-dealkylation sites (tertiary alicyclic amines) is 1. The number of hydrogen-bond donors (Lipinski definition) is 2. The van der Waals surface area contributed by atoms with Crippen molar-refractivity contribution in [2.75, 3.05) is 25.4 Å². The molecule has 8 heteroatoms. The first-order valence-electron chi connectivity index (χ1n) is 6.22. The molecule has 0 unspecified atom stereocenters. The number of anilines is 1. The lowest BCUT2D eigenvalue weighted by atomic mass is 10.3. The second-order valence-corrected chi connectivity index (χ2v) is 6.40. The van der Waals surface area contributed by atoms with E-state index >= 15 is 0 Å². The molecule has 3 N–H and O–H groups in total. The molecule has 1 saturated heterocycles. The van der Waals surface area contributed by atoms with Crippen LogP contribution in [0.5, 0.6) is 0 Å². The molecule has 0 aliphatic carbocycles. The molecule has 1 aromatic carbocycles. The maximum absolute atomic E-state index is 13.2. The van der Waals surface area contributed by atoms with Crippen LogP contribution in [0.4, 0.5) is 10.1 Å². The third-order valence-electron chi connectivity index (χ3n) is 3.08. The third-order valence-corrected chi connectivity index (χ3v) is 4.46. The number of nitrogen functional groups attached to an aromatic ring is 1. The van der Waals surface area contributed by atoms with Gasteiger partial charge in [0.1, 0.15) is 5.82 Å². The van der Waals surface area contributed by atoms with Gasteiger partial charge in [-0.25, -0.2) is 17.5 Å². The highest BCUT2D eigenvalue weighted by Crippen LogP contribution is 2.15. The van der Waals surface area contributed by atoms with Crippen LogP contribution in [0.25, 0.3) is 0 Å². The normalized spacial score (nSPS) is 15.6. The van der Waals surface area contributed by atoms with Crippen molar-refractivity contribution in [3.8, 4) is 0 Å². The lowest BCUT2D eigenvalue weighted by Crippen LogP contribution is -2.38. The first kappa shape index (κ1) is 14.7. The van der Waals surface area contributed by atoms with Crippen LogP contribution < -0.4 is 10.5 Å². The first-order valence-corrected chi connectivity index (χ1v) is 7.70. The maximum atomic E-state index is 13.2. The van der Waals surface area contributed by atoms with Gasteiger partial charge >= 0.3 is 0 Å². The Labute approximate surface area is 116 Å². The van der Waals surface area contributed by atoms with Crippen molar-refractivity contribution in [3.05, 3.63) is 24.0 Å². The van der Waals surface area contributed by atoms with Crippen molar-refractivity contribution in [3.63, 3.8) is 0 Å². The molecular formula is C12H16FN3O3S. The molecule has 1 amide bonds. The average molecular weight is 301 g/mol. The Hall–Kier alpha value is -1.67. The summed E-state index contributed by atoms with van der Waals surface area (Å²) in [7, 11) is -3.95. The van der Waals surface area contributed by atoms with Crippen molar-refractivity contribution < 1.29 is 17.6 Å². The third kappa shape index (κ3) is 3.45. The van der Waals surface area contributed by atoms with Crippen molar-refractivity contribution in [1.82, 2.24) is 9.62 Å². The van der Waals surface area contributed by atoms with E-state index in [4.69, 9.17) is 5.73 Å². The number of nitrogens with zero attached hydrogens (tertiary/aromatic N) is 1. The summed E-state index contributed by atoms with van der Waals surface area (Å²) in [5.41, 5.74) is 5.41. The first-order chi connectivity index (χ1) is 9.38. The average Bonchev–Trinajstić information content (AvgIpc) is 2.88. The molecule has 1 aliphatic heterocycles. The highest BCUT2D eigenvalue weighted by Gasteiger charge is 2.21. The standard InChI is InChI=1S/C12H16FN3O3S/c13-9-5-10(14)7-11(6-9)20(18,19)15-8-12(17)16-3-1-2-4-16/h5-7,15H,1-4,8,14H2. The molecule has 2 rings (SSSR count). The summed E-state index contributed by atoms with van der Waals surface area (Å²) in [6.07, 6.45) is 1.86. The molecule has 110 valence electrons. The van der Waals surface area contributed by atoms with Gasteiger partial charge in [0.2, 0.25) is 15.9 Å². The summed E-state index contributed by atoms with van der Waals surface area (Å²) in [5, 5.41) is 0. The Kier molecular flexibility index (Phi) is 4.24. The van der Waals surface area contributed by atoms with Gasteiger partial charge in [-0.2, -0.15) is 0 Å². The Morgan fingerprint density at radius 2 is 1.95 bits per heavy atom. The highest BCUT2D eigenvalue weighted by atomic mass is 32.2. The minimum atomic E-state index is -3.95. The van der Waals surface area contributed by atoms with Crippen molar-refractivity contribution in [1.29, 1.82) is 0 Å². The van der Waals surface area contributed by atoms with Crippen LogP contribution in [0.3, 0.4) is 0 Å². The topological polar surface area (TPSA) is 92.5 Å². The molecule has 0 saturated carbocycles. The fourth-order valence-electron chi connectivity index (χ4n) is 2.06. The number of hydrogen-bond acceptors (Lipinski definition) is 4. The summed E-state index contributed by atoms with van der Waals surface area (Å²) >= 11 is 0. The second-order valence-electron chi connectivity index (χ2n) is 4.63. The van der Waals surface area contributed by atoms with Gasteiger partial charge in [-0.15, -0.1) is 0 Å². The molecule has 0 atom stereocenters. The van der Waals surface area contributed by atoms with Gasteiger partial charge in [-0.3, -0.25) is 4.79 Å².